The molecule has 61 valence electrons. The smallest absolute Gasteiger partial charge is 0.301 e. The lowest BCUT2D eigenvalue weighted by Crippen LogP contribution is -2.42. The van der Waals surface area contributed by atoms with Crippen LogP contribution in [0.5, 0.6) is 0 Å². The van der Waals surface area contributed by atoms with Gasteiger partial charge >= 0.3 is 5.91 Å². The van der Waals surface area contributed by atoms with Crippen LogP contribution in [0.1, 0.15) is 0 Å². The average molecular weight is 174 g/mol. The largest absolute Gasteiger partial charge is 0.332 e. The Balaban J connectivity index is 2.51. The van der Waals surface area contributed by atoms with E-state index >= 15 is 0 Å². The first-order chi connectivity index (χ1) is 5.25. The second-order valence-corrected chi connectivity index (χ2v) is 3.20. The fourth-order valence-corrected chi connectivity index (χ4v) is 1.61. The zero-order valence-corrected chi connectivity index (χ0v) is 6.73. The summed E-state index contributed by atoms with van der Waals surface area (Å²) in [7, 11) is 0. The van der Waals surface area contributed by atoms with E-state index in [0.29, 0.717) is 12.3 Å². The maximum atomic E-state index is 10.9. The molecule has 0 saturated carbocycles. The van der Waals surface area contributed by atoms with Crippen LogP contribution in [0.2, 0.25) is 0 Å². The monoisotopic (exact) mass is 174 g/mol. The van der Waals surface area contributed by atoms with Crippen molar-refractivity contribution in [3.63, 3.8) is 0 Å². The highest BCUT2D eigenvalue weighted by Gasteiger charge is 2.26. The lowest BCUT2D eigenvalue weighted by molar-refractivity contribution is -0.141. The van der Waals surface area contributed by atoms with Crippen molar-refractivity contribution in [3.8, 4) is 0 Å². The average Bonchev–Trinajstić information content (AvgIpc) is 1.99. The van der Waals surface area contributed by atoms with E-state index in [1.165, 1.54) is 4.90 Å². The Kier molecular flexibility index (Phi) is 2.90. The maximum absolute atomic E-state index is 10.9. The van der Waals surface area contributed by atoms with Gasteiger partial charge in [-0.05, 0) is 0 Å². The number of carbonyl (C=O) groups excluding carboxylic acids is 2. The molecule has 1 fully saturated rings. The molecule has 1 aliphatic heterocycles. The van der Waals surface area contributed by atoms with Gasteiger partial charge in [-0.3, -0.25) is 9.59 Å². The molecule has 1 radical (unpaired) electrons. The molecule has 1 amide bonds. The van der Waals surface area contributed by atoms with Crippen LogP contribution in [0.15, 0.2) is 0 Å². The summed E-state index contributed by atoms with van der Waals surface area (Å²) in [4.78, 5) is 23.0. The van der Waals surface area contributed by atoms with E-state index in [4.69, 9.17) is 0 Å². The van der Waals surface area contributed by atoms with Gasteiger partial charge in [0, 0.05) is 18.8 Å². The standard InChI is InChI=1S/C6H8NO3S/c8-3-1-7-2-4-11-6(10)5(7)9/h1-4H2. The molecular weight excluding hydrogens is 166 g/mol. The Labute approximate surface area is 68.6 Å². The molecule has 1 saturated heterocycles. The highest BCUT2D eigenvalue weighted by Crippen LogP contribution is 2.11. The first-order valence-corrected chi connectivity index (χ1v) is 4.28. The van der Waals surface area contributed by atoms with Gasteiger partial charge in [-0.2, -0.15) is 0 Å². The summed E-state index contributed by atoms with van der Waals surface area (Å²) in [5, 5.41) is 9.70. The van der Waals surface area contributed by atoms with Gasteiger partial charge in [0.15, 0.2) is 0 Å². The fourth-order valence-electron chi connectivity index (χ4n) is 0.864. The van der Waals surface area contributed by atoms with Crippen LogP contribution in [0.25, 0.3) is 0 Å². The van der Waals surface area contributed by atoms with Crippen LogP contribution >= 0.6 is 11.8 Å². The van der Waals surface area contributed by atoms with Gasteiger partial charge in [0.25, 0.3) is 5.12 Å². The number of nitrogens with zero attached hydrogens (tertiary/aromatic N) is 1. The first-order valence-electron chi connectivity index (χ1n) is 3.30. The normalized spacial score (nSPS) is 19.2. The van der Waals surface area contributed by atoms with Crippen LogP contribution in [0, 0.1) is 0 Å². The Bertz CT molecular complexity index is 181. The quantitative estimate of drug-likeness (QED) is 0.531. The molecule has 1 heterocycles. The predicted octanol–water partition coefficient (Wildman–Crippen LogP) is -0.481. The van der Waals surface area contributed by atoms with Gasteiger partial charge in [0.2, 0.25) is 0 Å². The van der Waals surface area contributed by atoms with Crippen molar-refractivity contribution in [2.24, 2.45) is 0 Å². The molecule has 0 atom stereocenters. The van der Waals surface area contributed by atoms with E-state index in [9.17, 15) is 14.7 Å². The number of carbonyl (C=O) groups is 2. The van der Waals surface area contributed by atoms with E-state index in [1.807, 2.05) is 0 Å². The van der Waals surface area contributed by atoms with Gasteiger partial charge in [-0.15, -0.1) is 0 Å². The summed E-state index contributed by atoms with van der Waals surface area (Å²) >= 11 is 1.02. The van der Waals surface area contributed by atoms with Gasteiger partial charge in [0.05, 0.1) is 6.61 Å². The third-order valence-electron chi connectivity index (χ3n) is 1.42. The molecule has 0 aromatic heterocycles. The van der Waals surface area contributed by atoms with Crippen molar-refractivity contribution < 1.29 is 14.7 Å². The molecule has 11 heavy (non-hydrogen) atoms. The topological polar surface area (TPSA) is 57.3 Å². The van der Waals surface area contributed by atoms with Crippen molar-refractivity contribution in [2.45, 2.75) is 0 Å². The Morgan fingerprint density at radius 1 is 1.45 bits per heavy atom. The van der Waals surface area contributed by atoms with Crippen molar-refractivity contribution in [2.75, 3.05) is 25.4 Å². The van der Waals surface area contributed by atoms with E-state index in [2.05, 4.69) is 0 Å². The van der Waals surface area contributed by atoms with Crippen molar-refractivity contribution in [3.05, 3.63) is 0 Å². The van der Waals surface area contributed by atoms with Crippen LogP contribution in [-0.4, -0.2) is 41.4 Å². The molecule has 0 bridgehead atoms. The maximum Gasteiger partial charge on any atom is 0.301 e. The van der Waals surface area contributed by atoms with E-state index in [-0.39, 0.29) is 13.2 Å². The highest BCUT2D eigenvalue weighted by molar-refractivity contribution is 8.15. The van der Waals surface area contributed by atoms with Gasteiger partial charge in [-0.1, -0.05) is 11.8 Å². The molecule has 0 spiro atoms. The zero-order valence-electron chi connectivity index (χ0n) is 5.91. The first kappa shape index (κ1) is 8.55. The Morgan fingerprint density at radius 3 is 2.82 bits per heavy atom. The van der Waals surface area contributed by atoms with E-state index in [1.54, 1.807) is 0 Å². The minimum atomic E-state index is -0.517. The van der Waals surface area contributed by atoms with Gasteiger partial charge in [0.1, 0.15) is 0 Å². The molecule has 0 aromatic rings. The second-order valence-electron chi connectivity index (χ2n) is 2.13. The number of amides is 1. The lowest BCUT2D eigenvalue weighted by Gasteiger charge is -2.23. The molecule has 0 aromatic carbocycles. The minimum absolute atomic E-state index is 0.158. The SMILES string of the molecule is [O]CCN1CCSC(=O)C1=O. The summed E-state index contributed by atoms with van der Waals surface area (Å²) in [5.41, 5.74) is 0. The summed E-state index contributed by atoms with van der Waals surface area (Å²) in [5.74, 6) is 0.0991. The third kappa shape index (κ3) is 1.94. The van der Waals surface area contributed by atoms with Crippen molar-refractivity contribution in [1.82, 2.24) is 4.90 Å². The zero-order chi connectivity index (χ0) is 8.27. The van der Waals surface area contributed by atoms with E-state index in [0.717, 1.165) is 11.8 Å². The molecule has 4 nitrogen and oxygen atoms in total. The summed E-state index contributed by atoms with van der Waals surface area (Å²) in [6, 6.07) is 0. The number of hydrogen-bond donors (Lipinski definition) is 0. The third-order valence-corrected chi connectivity index (χ3v) is 2.24. The molecule has 1 rings (SSSR count). The van der Waals surface area contributed by atoms with Crippen molar-refractivity contribution >= 4 is 22.8 Å². The second kappa shape index (κ2) is 3.73. The van der Waals surface area contributed by atoms with Gasteiger partial charge < -0.3 is 4.90 Å². The lowest BCUT2D eigenvalue weighted by atomic mass is 10.4. The number of thioether (sulfide) groups is 1. The summed E-state index contributed by atoms with van der Waals surface area (Å²) in [6.45, 7) is 0.353. The molecular formula is C6H8NO3S. The molecule has 0 unspecified atom stereocenters. The fraction of sp³-hybridized carbons (Fsp3) is 0.667. The van der Waals surface area contributed by atoms with Crippen LogP contribution in [0.3, 0.4) is 0 Å². The number of hydrogen-bond acceptors (Lipinski definition) is 3. The highest BCUT2D eigenvalue weighted by atomic mass is 32.2. The molecule has 0 N–H and O–H groups in total. The minimum Gasteiger partial charge on any atom is -0.332 e. The van der Waals surface area contributed by atoms with Crippen LogP contribution in [-0.2, 0) is 14.7 Å². The molecule has 0 aliphatic carbocycles. The van der Waals surface area contributed by atoms with Crippen LogP contribution in [0.4, 0.5) is 0 Å². The molecule has 1 aliphatic rings. The Hall–Kier alpha value is -0.550. The van der Waals surface area contributed by atoms with Crippen LogP contribution < -0.4 is 0 Å². The van der Waals surface area contributed by atoms with Gasteiger partial charge in [-0.25, -0.2) is 5.11 Å². The van der Waals surface area contributed by atoms with Crippen molar-refractivity contribution in [1.29, 1.82) is 0 Å². The Morgan fingerprint density at radius 2 is 2.18 bits per heavy atom. The molecule has 5 heteroatoms. The number of rotatable bonds is 2. The van der Waals surface area contributed by atoms with E-state index < -0.39 is 11.0 Å². The predicted molar refractivity (Wildman–Crippen MR) is 39.6 cm³/mol. The summed E-state index contributed by atoms with van der Waals surface area (Å²) in [6.07, 6.45) is 0. The summed E-state index contributed by atoms with van der Waals surface area (Å²) < 4.78 is 0.